The van der Waals surface area contributed by atoms with E-state index in [2.05, 4.69) is 67.2 Å². The average Bonchev–Trinajstić information content (AvgIpc) is 2.82. The molecule has 0 spiro atoms. The van der Waals surface area contributed by atoms with Gasteiger partial charge in [-0.2, -0.15) is 0 Å². The SMILES string of the molecule is COc1cc(C(C)C)ccc1-c1ccc2c(c1)CCN(C)[C@H]2CCc1cnccc1C(=O)O. The summed E-state index contributed by atoms with van der Waals surface area (Å²) in [5.74, 6) is 0.463. The maximum atomic E-state index is 11.6. The van der Waals surface area contributed by atoms with E-state index in [4.69, 9.17) is 4.74 Å². The standard InChI is InChI=1S/C28H32N2O3/c1-18(2)19-5-9-24(27(16-19)33-4)20-6-8-23-21(15-20)12-14-30(3)26(23)10-7-22-17-29-13-11-25(22)28(31)32/h5-6,8-9,11,13,15-18,26H,7,10,12,14H2,1-4H3,(H,31,32)/t26-/m0/s1. The molecule has 0 radical (unpaired) electrons. The molecule has 2 heterocycles. The average molecular weight is 445 g/mol. The van der Waals surface area contributed by atoms with Crippen LogP contribution in [0.1, 0.15) is 64.8 Å². The molecule has 0 fully saturated rings. The molecule has 1 atom stereocenters. The van der Waals surface area contributed by atoms with E-state index in [9.17, 15) is 9.90 Å². The van der Waals surface area contributed by atoms with Crippen molar-refractivity contribution in [1.29, 1.82) is 0 Å². The Kier molecular flexibility index (Phi) is 6.80. The number of methoxy groups -OCH3 is 1. The lowest BCUT2D eigenvalue weighted by molar-refractivity contribution is 0.0695. The van der Waals surface area contributed by atoms with Gasteiger partial charge in [-0.05, 0) is 72.2 Å². The third kappa shape index (κ3) is 4.79. The number of benzene rings is 2. The molecule has 2 aromatic carbocycles. The normalized spacial score (nSPS) is 16.0. The second kappa shape index (κ2) is 9.75. The third-order valence-corrected chi connectivity index (χ3v) is 6.79. The monoisotopic (exact) mass is 444 g/mol. The van der Waals surface area contributed by atoms with Crippen LogP contribution in [-0.2, 0) is 12.8 Å². The Morgan fingerprint density at radius 2 is 2.03 bits per heavy atom. The first-order valence-corrected chi connectivity index (χ1v) is 11.6. The van der Waals surface area contributed by atoms with E-state index in [0.717, 1.165) is 36.3 Å². The Morgan fingerprint density at radius 3 is 2.76 bits per heavy atom. The highest BCUT2D eigenvalue weighted by atomic mass is 16.5. The number of hydrogen-bond acceptors (Lipinski definition) is 4. The van der Waals surface area contributed by atoms with Crippen molar-refractivity contribution in [3.63, 3.8) is 0 Å². The number of aromatic carboxylic acids is 1. The van der Waals surface area contributed by atoms with Crippen molar-refractivity contribution in [1.82, 2.24) is 9.88 Å². The molecule has 1 aromatic heterocycles. The minimum absolute atomic E-state index is 0.245. The number of aryl methyl sites for hydroxylation is 1. The van der Waals surface area contributed by atoms with Gasteiger partial charge in [0, 0.05) is 30.5 Å². The van der Waals surface area contributed by atoms with Crippen LogP contribution in [0.25, 0.3) is 11.1 Å². The molecule has 1 aliphatic heterocycles. The lowest BCUT2D eigenvalue weighted by Gasteiger charge is -2.35. The molecule has 5 heteroatoms. The molecule has 0 unspecified atom stereocenters. The summed E-state index contributed by atoms with van der Waals surface area (Å²) in [7, 11) is 3.88. The molecular weight excluding hydrogens is 412 g/mol. The van der Waals surface area contributed by atoms with E-state index in [0.29, 0.717) is 17.9 Å². The van der Waals surface area contributed by atoms with Crippen molar-refractivity contribution in [3.8, 4) is 16.9 Å². The summed E-state index contributed by atoms with van der Waals surface area (Å²) in [6.45, 7) is 5.35. The number of rotatable bonds is 7. The van der Waals surface area contributed by atoms with E-state index < -0.39 is 5.97 Å². The largest absolute Gasteiger partial charge is 0.496 e. The second-order valence-electron chi connectivity index (χ2n) is 9.15. The zero-order valence-corrected chi connectivity index (χ0v) is 19.8. The topological polar surface area (TPSA) is 62.7 Å². The number of nitrogens with zero attached hydrogens (tertiary/aromatic N) is 2. The number of carboxylic acids is 1. The van der Waals surface area contributed by atoms with Crippen LogP contribution in [0.2, 0.25) is 0 Å². The number of hydrogen-bond donors (Lipinski definition) is 1. The zero-order valence-electron chi connectivity index (χ0n) is 19.8. The quantitative estimate of drug-likeness (QED) is 0.503. The van der Waals surface area contributed by atoms with Gasteiger partial charge < -0.3 is 9.84 Å². The van der Waals surface area contributed by atoms with Crippen molar-refractivity contribution in [2.24, 2.45) is 0 Å². The highest BCUT2D eigenvalue weighted by Gasteiger charge is 2.26. The Balaban J connectivity index is 1.62. The molecule has 5 nitrogen and oxygen atoms in total. The van der Waals surface area contributed by atoms with Crippen molar-refractivity contribution < 1.29 is 14.6 Å². The van der Waals surface area contributed by atoms with Crippen LogP contribution < -0.4 is 4.74 Å². The Morgan fingerprint density at radius 1 is 1.21 bits per heavy atom. The van der Waals surface area contributed by atoms with E-state index in [-0.39, 0.29) is 6.04 Å². The van der Waals surface area contributed by atoms with Gasteiger partial charge in [-0.25, -0.2) is 4.79 Å². The van der Waals surface area contributed by atoms with Crippen LogP contribution in [0, 0.1) is 0 Å². The number of ether oxygens (including phenoxy) is 1. The van der Waals surface area contributed by atoms with Gasteiger partial charge in [-0.15, -0.1) is 0 Å². The van der Waals surface area contributed by atoms with Crippen molar-refractivity contribution in [2.45, 2.75) is 45.1 Å². The van der Waals surface area contributed by atoms with E-state index >= 15 is 0 Å². The first-order valence-electron chi connectivity index (χ1n) is 11.6. The van der Waals surface area contributed by atoms with Gasteiger partial charge in [-0.3, -0.25) is 9.88 Å². The molecule has 0 amide bonds. The molecule has 1 N–H and O–H groups in total. The van der Waals surface area contributed by atoms with Gasteiger partial charge in [0.1, 0.15) is 5.75 Å². The fraction of sp³-hybridized carbons (Fsp3) is 0.357. The lowest BCUT2D eigenvalue weighted by atomic mass is 9.86. The number of pyridine rings is 1. The van der Waals surface area contributed by atoms with Gasteiger partial charge in [0.05, 0.1) is 12.7 Å². The maximum absolute atomic E-state index is 11.6. The van der Waals surface area contributed by atoms with Crippen LogP contribution in [0.15, 0.2) is 54.9 Å². The van der Waals surface area contributed by atoms with Crippen LogP contribution in [0.3, 0.4) is 0 Å². The van der Waals surface area contributed by atoms with Crippen LogP contribution in [-0.4, -0.2) is 41.7 Å². The van der Waals surface area contributed by atoms with Crippen LogP contribution in [0.5, 0.6) is 5.75 Å². The molecule has 172 valence electrons. The molecule has 0 saturated carbocycles. The molecule has 1 aliphatic rings. The molecule has 0 bridgehead atoms. The Labute approximate surface area is 196 Å². The van der Waals surface area contributed by atoms with Gasteiger partial charge in [-0.1, -0.05) is 44.2 Å². The number of likely N-dealkylation sites (N-methyl/N-ethyl adjacent to an activating group) is 1. The van der Waals surface area contributed by atoms with Crippen molar-refractivity contribution >= 4 is 5.97 Å². The summed E-state index contributed by atoms with van der Waals surface area (Å²) >= 11 is 0. The van der Waals surface area contributed by atoms with Gasteiger partial charge in [0.25, 0.3) is 0 Å². The molecular formula is C28H32N2O3. The predicted molar refractivity (Wildman–Crippen MR) is 131 cm³/mol. The Bertz CT molecular complexity index is 1160. The minimum atomic E-state index is -0.896. The molecule has 0 aliphatic carbocycles. The first-order chi connectivity index (χ1) is 15.9. The zero-order chi connectivity index (χ0) is 23.5. The van der Waals surface area contributed by atoms with Gasteiger partial charge in [0.2, 0.25) is 0 Å². The number of fused-ring (bicyclic) bond motifs is 1. The fourth-order valence-corrected chi connectivity index (χ4v) is 4.81. The van der Waals surface area contributed by atoms with Crippen LogP contribution >= 0.6 is 0 Å². The summed E-state index contributed by atoms with van der Waals surface area (Å²) in [4.78, 5) is 18.1. The van der Waals surface area contributed by atoms with E-state index in [1.165, 1.54) is 22.3 Å². The van der Waals surface area contributed by atoms with Crippen molar-refractivity contribution in [2.75, 3.05) is 20.7 Å². The lowest BCUT2D eigenvalue weighted by Crippen LogP contribution is -2.32. The highest BCUT2D eigenvalue weighted by Crippen LogP contribution is 2.38. The Hall–Kier alpha value is -3.18. The number of carbonyl (C=O) groups is 1. The summed E-state index contributed by atoms with van der Waals surface area (Å²) in [6, 6.07) is 15.0. The second-order valence-corrected chi connectivity index (χ2v) is 9.15. The maximum Gasteiger partial charge on any atom is 0.336 e. The predicted octanol–water partition coefficient (Wildman–Crippen LogP) is 5.74. The van der Waals surface area contributed by atoms with Gasteiger partial charge >= 0.3 is 5.97 Å². The minimum Gasteiger partial charge on any atom is -0.496 e. The number of aromatic nitrogens is 1. The van der Waals surface area contributed by atoms with E-state index in [1.807, 2.05) is 0 Å². The number of carboxylic acid groups (broad SMARTS) is 1. The highest BCUT2D eigenvalue weighted by molar-refractivity contribution is 5.89. The van der Waals surface area contributed by atoms with Crippen molar-refractivity contribution in [3.05, 3.63) is 82.7 Å². The molecule has 33 heavy (non-hydrogen) atoms. The van der Waals surface area contributed by atoms with E-state index in [1.54, 1.807) is 25.6 Å². The molecule has 4 rings (SSSR count). The first kappa shape index (κ1) is 23.0. The van der Waals surface area contributed by atoms with Gasteiger partial charge in [0.15, 0.2) is 0 Å². The molecule has 3 aromatic rings. The molecule has 0 saturated heterocycles. The summed E-state index contributed by atoms with van der Waals surface area (Å²) in [5.41, 5.74) is 7.37. The smallest absolute Gasteiger partial charge is 0.336 e. The fourth-order valence-electron chi connectivity index (χ4n) is 4.81. The summed E-state index contributed by atoms with van der Waals surface area (Å²) < 4.78 is 5.73. The van der Waals surface area contributed by atoms with Crippen LogP contribution in [0.4, 0.5) is 0 Å². The third-order valence-electron chi connectivity index (χ3n) is 6.79. The summed E-state index contributed by atoms with van der Waals surface area (Å²) in [6.07, 6.45) is 5.75. The summed E-state index contributed by atoms with van der Waals surface area (Å²) in [5, 5.41) is 9.49.